The molecule has 0 bridgehead atoms. The smallest absolute Gasteiger partial charge is 0.131 e. The molecular weight excluding hydrogens is 583 g/mol. The van der Waals surface area contributed by atoms with Crippen LogP contribution >= 0.6 is 0 Å². The van der Waals surface area contributed by atoms with E-state index in [4.69, 9.17) is 0 Å². The molecule has 0 aliphatic heterocycles. The van der Waals surface area contributed by atoms with Crippen molar-refractivity contribution in [2.75, 3.05) is 4.90 Å². The van der Waals surface area contributed by atoms with E-state index in [1.165, 1.54) is 22.3 Å². The highest BCUT2D eigenvalue weighted by Crippen LogP contribution is 2.45. The molecule has 8 rings (SSSR count). The standard InChI is InChI=1S/C46H33NO/c48-46-42-19-11-10-16-37(42)26-30-43(46)39-27-31-45(44(32-39)38-22-20-35(21-23-38)33-12-4-1-5-13-33)47(40-17-8-3-9-18-40)41-28-24-36(25-29-41)34-14-6-2-7-15-34/h1-32,48H. The van der Waals surface area contributed by atoms with Crippen molar-refractivity contribution >= 4 is 27.8 Å². The van der Waals surface area contributed by atoms with E-state index in [1.54, 1.807) is 0 Å². The Morgan fingerprint density at radius 1 is 0.333 bits per heavy atom. The lowest BCUT2D eigenvalue weighted by molar-refractivity contribution is 0.483. The van der Waals surface area contributed by atoms with Gasteiger partial charge in [0.2, 0.25) is 0 Å². The third-order valence-corrected chi connectivity index (χ3v) is 9.00. The summed E-state index contributed by atoms with van der Waals surface area (Å²) in [6.07, 6.45) is 0. The van der Waals surface area contributed by atoms with E-state index in [2.05, 4.69) is 157 Å². The number of para-hydroxylation sites is 1. The molecule has 0 saturated heterocycles. The zero-order valence-electron chi connectivity index (χ0n) is 26.4. The summed E-state index contributed by atoms with van der Waals surface area (Å²) in [5.74, 6) is 0.294. The van der Waals surface area contributed by atoms with Crippen molar-refractivity contribution in [2.45, 2.75) is 0 Å². The van der Waals surface area contributed by atoms with Gasteiger partial charge in [0.05, 0.1) is 5.69 Å². The van der Waals surface area contributed by atoms with Gasteiger partial charge in [0.1, 0.15) is 5.75 Å². The van der Waals surface area contributed by atoms with Crippen molar-refractivity contribution in [1.29, 1.82) is 0 Å². The van der Waals surface area contributed by atoms with Crippen molar-refractivity contribution in [3.63, 3.8) is 0 Å². The van der Waals surface area contributed by atoms with E-state index in [1.807, 2.05) is 42.5 Å². The highest BCUT2D eigenvalue weighted by molar-refractivity contribution is 5.97. The lowest BCUT2D eigenvalue weighted by atomic mass is 9.93. The van der Waals surface area contributed by atoms with Crippen molar-refractivity contribution in [2.24, 2.45) is 0 Å². The summed E-state index contributed by atoms with van der Waals surface area (Å²) in [4.78, 5) is 2.32. The summed E-state index contributed by atoms with van der Waals surface area (Å²) in [5.41, 5.74) is 11.8. The van der Waals surface area contributed by atoms with Gasteiger partial charge >= 0.3 is 0 Å². The quantitative estimate of drug-likeness (QED) is 0.193. The second-order valence-electron chi connectivity index (χ2n) is 11.9. The first-order valence-corrected chi connectivity index (χ1v) is 16.2. The fourth-order valence-electron chi connectivity index (χ4n) is 6.53. The molecule has 8 aromatic rings. The average molecular weight is 616 g/mol. The van der Waals surface area contributed by atoms with Gasteiger partial charge in [-0.3, -0.25) is 0 Å². The van der Waals surface area contributed by atoms with Crippen LogP contribution in [0.4, 0.5) is 17.1 Å². The predicted octanol–water partition coefficient (Wildman–Crippen LogP) is 12.7. The van der Waals surface area contributed by atoms with Gasteiger partial charge in [-0.15, -0.1) is 0 Å². The van der Waals surface area contributed by atoms with Crippen molar-refractivity contribution in [1.82, 2.24) is 0 Å². The maximum atomic E-state index is 11.5. The maximum Gasteiger partial charge on any atom is 0.131 e. The van der Waals surface area contributed by atoms with Crippen LogP contribution in [0.5, 0.6) is 5.75 Å². The highest BCUT2D eigenvalue weighted by atomic mass is 16.3. The Balaban J connectivity index is 1.31. The van der Waals surface area contributed by atoms with Crippen LogP contribution in [0, 0.1) is 0 Å². The molecule has 1 N–H and O–H groups in total. The first kappa shape index (κ1) is 29.1. The largest absolute Gasteiger partial charge is 0.507 e. The van der Waals surface area contributed by atoms with Gasteiger partial charge in [-0.2, -0.15) is 0 Å². The SMILES string of the molecule is Oc1c(-c2ccc(N(c3ccccc3)c3ccc(-c4ccccc4)cc3)c(-c3ccc(-c4ccccc4)cc3)c2)ccc2ccccc12. The highest BCUT2D eigenvalue weighted by Gasteiger charge is 2.19. The number of benzene rings is 8. The van der Waals surface area contributed by atoms with Crippen molar-refractivity contribution in [3.05, 3.63) is 194 Å². The van der Waals surface area contributed by atoms with Gasteiger partial charge in [-0.1, -0.05) is 158 Å². The Labute approximate surface area is 281 Å². The maximum absolute atomic E-state index is 11.5. The third kappa shape index (κ3) is 5.61. The van der Waals surface area contributed by atoms with Crippen LogP contribution in [0.1, 0.15) is 0 Å². The monoisotopic (exact) mass is 615 g/mol. The van der Waals surface area contributed by atoms with Crippen LogP contribution in [0.2, 0.25) is 0 Å². The fraction of sp³-hybridized carbons (Fsp3) is 0. The van der Waals surface area contributed by atoms with Crippen molar-refractivity contribution < 1.29 is 5.11 Å². The number of phenols is 1. The van der Waals surface area contributed by atoms with Crippen LogP contribution in [0.25, 0.3) is 55.3 Å². The van der Waals surface area contributed by atoms with E-state index >= 15 is 0 Å². The number of aromatic hydroxyl groups is 1. The van der Waals surface area contributed by atoms with Crippen LogP contribution in [0.3, 0.4) is 0 Å². The van der Waals surface area contributed by atoms with Crippen LogP contribution in [-0.4, -0.2) is 5.11 Å². The van der Waals surface area contributed by atoms with Crippen molar-refractivity contribution in [3.8, 4) is 50.3 Å². The molecule has 48 heavy (non-hydrogen) atoms. The first-order chi connectivity index (χ1) is 23.7. The summed E-state index contributed by atoms with van der Waals surface area (Å²) in [6.45, 7) is 0. The number of hydrogen-bond donors (Lipinski definition) is 1. The van der Waals surface area contributed by atoms with Crippen LogP contribution < -0.4 is 4.90 Å². The van der Waals surface area contributed by atoms with E-state index < -0.39 is 0 Å². The lowest BCUT2D eigenvalue weighted by Crippen LogP contribution is -2.11. The molecule has 2 nitrogen and oxygen atoms in total. The van der Waals surface area contributed by atoms with Gasteiger partial charge in [0.25, 0.3) is 0 Å². The molecule has 0 aromatic heterocycles. The summed E-state index contributed by atoms with van der Waals surface area (Å²) in [7, 11) is 0. The predicted molar refractivity (Wildman–Crippen MR) is 202 cm³/mol. The molecule has 0 heterocycles. The molecule has 0 atom stereocenters. The van der Waals surface area contributed by atoms with Crippen LogP contribution in [0.15, 0.2) is 194 Å². The van der Waals surface area contributed by atoms with Gasteiger partial charge < -0.3 is 10.0 Å². The molecule has 228 valence electrons. The molecule has 0 aliphatic rings. The number of hydrogen-bond acceptors (Lipinski definition) is 2. The molecule has 0 spiro atoms. The lowest BCUT2D eigenvalue weighted by Gasteiger charge is -2.28. The Kier molecular flexibility index (Phi) is 7.74. The Morgan fingerprint density at radius 2 is 0.812 bits per heavy atom. The van der Waals surface area contributed by atoms with Gasteiger partial charge in [-0.25, -0.2) is 0 Å². The molecule has 0 saturated carbocycles. The van der Waals surface area contributed by atoms with Crippen LogP contribution in [-0.2, 0) is 0 Å². The Bertz CT molecular complexity index is 2310. The minimum atomic E-state index is 0.294. The van der Waals surface area contributed by atoms with E-state index in [0.717, 1.165) is 50.1 Å². The Morgan fingerprint density at radius 3 is 1.46 bits per heavy atom. The van der Waals surface area contributed by atoms with E-state index in [-0.39, 0.29) is 0 Å². The number of rotatable bonds is 7. The number of anilines is 3. The van der Waals surface area contributed by atoms with Gasteiger partial charge in [0.15, 0.2) is 0 Å². The molecule has 0 fully saturated rings. The molecule has 8 aromatic carbocycles. The summed E-state index contributed by atoms with van der Waals surface area (Å²) in [5, 5.41) is 13.3. The molecule has 0 amide bonds. The fourth-order valence-corrected chi connectivity index (χ4v) is 6.53. The molecule has 0 aliphatic carbocycles. The Hall–Kier alpha value is -6.38. The van der Waals surface area contributed by atoms with Gasteiger partial charge in [-0.05, 0) is 75.2 Å². The topological polar surface area (TPSA) is 23.5 Å². The minimum absolute atomic E-state index is 0.294. The molecule has 0 unspecified atom stereocenters. The minimum Gasteiger partial charge on any atom is -0.507 e. The molecular formula is C46H33NO. The third-order valence-electron chi connectivity index (χ3n) is 9.00. The summed E-state index contributed by atoms with van der Waals surface area (Å²) >= 11 is 0. The number of nitrogens with zero attached hydrogens (tertiary/aromatic N) is 1. The first-order valence-electron chi connectivity index (χ1n) is 16.2. The number of phenolic OH excluding ortho intramolecular Hbond substituents is 1. The summed E-state index contributed by atoms with van der Waals surface area (Å²) < 4.78 is 0. The zero-order valence-corrected chi connectivity index (χ0v) is 26.4. The second-order valence-corrected chi connectivity index (χ2v) is 11.9. The number of fused-ring (bicyclic) bond motifs is 1. The second kappa shape index (κ2) is 12.8. The zero-order chi connectivity index (χ0) is 32.3. The normalized spacial score (nSPS) is 11.0. The molecule has 0 radical (unpaired) electrons. The summed E-state index contributed by atoms with van der Waals surface area (Å²) in [6, 6.07) is 67.6. The molecule has 2 heteroatoms. The average Bonchev–Trinajstić information content (AvgIpc) is 3.17. The van der Waals surface area contributed by atoms with E-state index in [0.29, 0.717) is 5.75 Å². The van der Waals surface area contributed by atoms with Gasteiger partial charge in [0, 0.05) is 27.9 Å². The van der Waals surface area contributed by atoms with E-state index in [9.17, 15) is 5.11 Å².